The summed E-state index contributed by atoms with van der Waals surface area (Å²) in [7, 11) is 1.61. The average molecular weight is 388 g/mol. The lowest BCUT2D eigenvalue weighted by molar-refractivity contribution is 0.0601. The second kappa shape index (κ2) is 8.56. The number of ether oxygens (including phenoxy) is 1. The van der Waals surface area contributed by atoms with Crippen LogP contribution in [0.3, 0.4) is 0 Å². The van der Waals surface area contributed by atoms with Gasteiger partial charge in [0.25, 0.3) is 5.91 Å². The molecule has 0 bridgehead atoms. The van der Waals surface area contributed by atoms with Gasteiger partial charge in [-0.3, -0.25) is 4.79 Å². The number of hydrogen-bond acceptors (Lipinski definition) is 5. The van der Waals surface area contributed by atoms with Crippen molar-refractivity contribution in [2.24, 2.45) is 5.73 Å². The fourth-order valence-electron chi connectivity index (χ4n) is 3.51. The van der Waals surface area contributed by atoms with Crippen molar-refractivity contribution in [1.82, 2.24) is 4.90 Å². The van der Waals surface area contributed by atoms with Crippen molar-refractivity contribution in [2.75, 3.05) is 20.2 Å². The standard InChI is InChI=1S/C21H25FN2O4/c1-13-9-18(8-5-14-3-6-17(27-2)7-4-14)28-21(26)19(13)20(25)24-11-15(22)10-16(23)12-24/h3-4,6-7,9,15-16H,5,8,10-12,23H2,1-2H3/t15-,16+/m1/s1. The minimum atomic E-state index is -1.18. The highest BCUT2D eigenvalue weighted by atomic mass is 19.1. The molecule has 150 valence electrons. The molecule has 2 atom stereocenters. The number of hydrogen-bond donors (Lipinski definition) is 1. The molecule has 2 aromatic rings. The first-order valence-corrected chi connectivity index (χ1v) is 9.33. The largest absolute Gasteiger partial charge is 0.497 e. The SMILES string of the molecule is COc1ccc(CCc2cc(C)c(C(=O)N3C[C@@H](N)C[C@@H](F)C3)c(=O)o2)cc1. The number of carbonyl (C=O) groups excluding carboxylic acids is 1. The molecule has 2 N–H and O–H groups in total. The van der Waals surface area contributed by atoms with Crippen molar-refractivity contribution >= 4 is 5.91 Å². The number of nitrogens with two attached hydrogens (primary N) is 1. The zero-order valence-corrected chi connectivity index (χ0v) is 16.1. The van der Waals surface area contributed by atoms with E-state index in [4.69, 9.17) is 14.9 Å². The highest BCUT2D eigenvalue weighted by Crippen LogP contribution is 2.18. The van der Waals surface area contributed by atoms with E-state index in [-0.39, 0.29) is 25.1 Å². The molecule has 0 aliphatic carbocycles. The second-order valence-corrected chi connectivity index (χ2v) is 7.21. The van der Waals surface area contributed by atoms with Crippen LogP contribution in [-0.4, -0.2) is 43.2 Å². The van der Waals surface area contributed by atoms with Gasteiger partial charge in [-0.2, -0.15) is 0 Å². The highest BCUT2D eigenvalue weighted by Gasteiger charge is 2.31. The lowest BCUT2D eigenvalue weighted by atomic mass is 10.0. The fourth-order valence-corrected chi connectivity index (χ4v) is 3.51. The lowest BCUT2D eigenvalue weighted by Crippen LogP contribution is -2.51. The van der Waals surface area contributed by atoms with Crippen molar-refractivity contribution < 1.29 is 18.3 Å². The molecule has 1 aliphatic rings. The first-order chi connectivity index (χ1) is 13.4. The number of likely N-dealkylation sites (tertiary alicyclic amines) is 1. The predicted molar refractivity (Wildman–Crippen MR) is 104 cm³/mol. The molecule has 3 rings (SSSR count). The number of amides is 1. The Labute approximate surface area is 163 Å². The quantitative estimate of drug-likeness (QED) is 0.849. The zero-order chi connectivity index (χ0) is 20.3. The van der Waals surface area contributed by atoms with Gasteiger partial charge in [0.05, 0.1) is 13.7 Å². The molecule has 0 unspecified atom stereocenters. The molecule has 28 heavy (non-hydrogen) atoms. The van der Waals surface area contributed by atoms with Gasteiger partial charge in [-0.05, 0) is 49.1 Å². The third kappa shape index (κ3) is 4.59. The number of benzene rings is 1. The van der Waals surface area contributed by atoms with Crippen molar-refractivity contribution in [2.45, 2.75) is 38.4 Å². The van der Waals surface area contributed by atoms with E-state index < -0.39 is 23.7 Å². The average Bonchev–Trinajstić information content (AvgIpc) is 2.65. The maximum atomic E-state index is 13.8. The van der Waals surface area contributed by atoms with Crippen molar-refractivity contribution in [3.8, 4) is 5.75 Å². The molecule has 0 radical (unpaired) electrons. The smallest absolute Gasteiger partial charge is 0.349 e. The van der Waals surface area contributed by atoms with Crippen LogP contribution in [0.1, 0.15) is 33.7 Å². The monoisotopic (exact) mass is 388 g/mol. The summed E-state index contributed by atoms with van der Waals surface area (Å²) in [4.78, 5) is 26.5. The molecular weight excluding hydrogens is 363 g/mol. The summed E-state index contributed by atoms with van der Waals surface area (Å²) in [6.07, 6.45) is 0.257. The summed E-state index contributed by atoms with van der Waals surface area (Å²) in [5, 5.41) is 0. The third-order valence-corrected chi connectivity index (χ3v) is 4.95. The molecule has 7 heteroatoms. The first-order valence-electron chi connectivity index (χ1n) is 9.33. The Morgan fingerprint density at radius 3 is 2.61 bits per heavy atom. The number of piperidine rings is 1. The van der Waals surface area contributed by atoms with Gasteiger partial charge >= 0.3 is 5.63 Å². The van der Waals surface area contributed by atoms with Crippen LogP contribution in [0.4, 0.5) is 4.39 Å². The van der Waals surface area contributed by atoms with Gasteiger partial charge < -0.3 is 19.8 Å². The van der Waals surface area contributed by atoms with E-state index in [9.17, 15) is 14.0 Å². The van der Waals surface area contributed by atoms with Crippen LogP contribution in [0.5, 0.6) is 5.75 Å². The second-order valence-electron chi connectivity index (χ2n) is 7.21. The Balaban J connectivity index is 1.73. The summed E-state index contributed by atoms with van der Waals surface area (Å²) >= 11 is 0. The predicted octanol–water partition coefficient (Wildman–Crippen LogP) is 2.25. The van der Waals surface area contributed by atoms with E-state index in [0.29, 0.717) is 24.2 Å². The molecule has 2 heterocycles. The molecule has 1 saturated heterocycles. The number of carbonyl (C=O) groups is 1. The molecule has 1 aromatic heterocycles. The van der Waals surface area contributed by atoms with E-state index >= 15 is 0 Å². The Morgan fingerprint density at radius 2 is 2.00 bits per heavy atom. The summed E-state index contributed by atoms with van der Waals surface area (Å²) in [5.74, 6) is 0.765. The third-order valence-electron chi connectivity index (χ3n) is 4.95. The number of aryl methyl sites for hydroxylation is 3. The van der Waals surface area contributed by atoms with E-state index in [1.165, 1.54) is 4.90 Å². The van der Waals surface area contributed by atoms with Crippen LogP contribution in [0.2, 0.25) is 0 Å². The van der Waals surface area contributed by atoms with Gasteiger partial charge in [-0.1, -0.05) is 12.1 Å². The van der Waals surface area contributed by atoms with Crippen LogP contribution < -0.4 is 16.1 Å². The van der Waals surface area contributed by atoms with Gasteiger partial charge in [0.15, 0.2) is 0 Å². The van der Waals surface area contributed by atoms with Crippen molar-refractivity contribution in [3.63, 3.8) is 0 Å². The van der Waals surface area contributed by atoms with Gasteiger partial charge in [-0.15, -0.1) is 0 Å². The summed E-state index contributed by atoms with van der Waals surface area (Å²) in [6.45, 7) is 1.87. The zero-order valence-electron chi connectivity index (χ0n) is 16.1. The van der Waals surface area contributed by atoms with Crippen LogP contribution >= 0.6 is 0 Å². The highest BCUT2D eigenvalue weighted by molar-refractivity contribution is 5.95. The molecule has 0 saturated carbocycles. The minimum absolute atomic E-state index is 0.0468. The summed E-state index contributed by atoms with van der Waals surface area (Å²) in [5.41, 5.74) is 6.67. The number of alkyl halides is 1. The van der Waals surface area contributed by atoms with Crippen LogP contribution in [0.25, 0.3) is 0 Å². The van der Waals surface area contributed by atoms with E-state index in [1.807, 2.05) is 24.3 Å². The Bertz CT molecular complexity index is 884. The van der Waals surface area contributed by atoms with Crippen LogP contribution in [0, 0.1) is 6.92 Å². The maximum Gasteiger partial charge on any atom is 0.349 e. The fraction of sp³-hybridized carbons (Fsp3) is 0.429. The van der Waals surface area contributed by atoms with Gasteiger partial charge in [-0.25, -0.2) is 9.18 Å². The summed E-state index contributed by atoms with van der Waals surface area (Å²) in [6, 6.07) is 8.93. The number of nitrogens with zero attached hydrogens (tertiary/aromatic N) is 1. The van der Waals surface area contributed by atoms with Crippen LogP contribution in [0.15, 0.2) is 39.5 Å². The topological polar surface area (TPSA) is 85.8 Å². The van der Waals surface area contributed by atoms with E-state index in [1.54, 1.807) is 20.1 Å². The van der Waals surface area contributed by atoms with Gasteiger partial charge in [0, 0.05) is 19.0 Å². The molecule has 1 aliphatic heterocycles. The van der Waals surface area contributed by atoms with Gasteiger partial charge in [0.1, 0.15) is 23.2 Å². The van der Waals surface area contributed by atoms with Crippen molar-refractivity contribution in [3.05, 3.63) is 63.2 Å². The van der Waals surface area contributed by atoms with E-state index in [0.717, 1.165) is 11.3 Å². The number of halogens is 1. The molecule has 1 amide bonds. The number of methoxy groups -OCH3 is 1. The van der Waals surface area contributed by atoms with Crippen LogP contribution in [-0.2, 0) is 12.8 Å². The molecule has 1 fully saturated rings. The maximum absolute atomic E-state index is 13.8. The van der Waals surface area contributed by atoms with Gasteiger partial charge in [0.2, 0.25) is 0 Å². The molecule has 6 nitrogen and oxygen atoms in total. The molecule has 0 spiro atoms. The van der Waals surface area contributed by atoms with Crippen molar-refractivity contribution in [1.29, 1.82) is 0 Å². The first kappa shape index (κ1) is 20.1. The summed E-state index contributed by atoms with van der Waals surface area (Å²) < 4.78 is 24.3. The van der Waals surface area contributed by atoms with E-state index in [2.05, 4.69) is 0 Å². The Kier molecular flexibility index (Phi) is 6.14. The Morgan fingerprint density at radius 1 is 1.29 bits per heavy atom. The molecule has 1 aromatic carbocycles. The number of rotatable bonds is 5. The lowest BCUT2D eigenvalue weighted by Gasteiger charge is -2.32. The molecular formula is C21H25FN2O4. The Hall–Kier alpha value is -2.67. The minimum Gasteiger partial charge on any atom is -0.497 e. The normalized spacial score (nSPS) is 19.5.